The van der Waals surface area contributed by atoms with Crippen LogP contribution in [0.25, 0.3) is 22.4 Å². The highest BCUT2D eigenvalue weighted by molar-refractivity contribution is 6.04. The van der Waals surface area contributed by atoms with Gasteiger partial charge in [0.05, 0.1) is 27.9 Å². The van der Waals surface area contributed by atoms with Crippen molar-refractivity contribution in [3.8, 4) is 11.3 Å². The molecule has 0 saturated carbocycles. The molecule has 33 heavy (non-hydrogen) atoms. The molecule has 0 atom stereocenters. The third-order valence-electron chi connectivity index (χ3n) is 4.93. The number of hydrogen-bond donors (Lipinski definition) is 1. The normalized spacial score (nSPS) is 11.5. The van der Waals surface area contributed by atoms with Crippen LogP contribution >= 0.6 is 0 Å². The molecule has 0 aliphatic carbocycles. The number of aryl methyl sites for hydroxylation is 1. The molecule has 0 spiro atoms. The van der Waals surface area contributed by atoms with Crippen molar-refractivity contribution in [2.24, 2.45) is 5.73 Å². The maximum atomic E-state index is 13.5. The number of amides is 1. The molecule has 0 radical (unpaired) electrons. The zero-order chi connectivity index (χ0) is 23.8. The van der Waals surface area contributed by atoms with Crippen LogP contribution in [0.15, 0.2) is 59.1 Å². The highest BCUT2D eigenvalue weighted by atomic mass is 19.4. The summed E-state index contributed by atoms with van der Waals surface area (Å²) in [6.45, 7) is 1.38. The third kappa shape index (κ3) is 4.40. The Balaban J connectivity index is 1.74. The third-order valence-corrected chi connectivity index (χ3v) is 4.93. The van der Waals surface area contributed by atoms with Crippen LogP contribution in [0.3, 0.4) is 0 Å². The highest BCUT2D eigenvalue weighted by Crippen LogP contribution is 2.37. The Kier molecular flexibility index (Phi) is 5.59. The minimum absolute atomic E-state index is 0.0446. The predicted octanol–water partition coefficient (Wildman–Crippen LogP) is 4.67. The van der Waals surface area contributed by atoms with Crippen LogP contribution in [0.5, 0.6) is 0 Å². The summed E-state index contributed by atoms with van der Waals surface area (Å²) in [5.41, 5.74) is 4.97. The summed E-state index contributed by atoms with van der Waals surface area (Å²) in [5, 5.41) is 4.01. The van der Waals surface area contributed by atoms with Gasteiger partial charge in [-0.05, 0) is 36.8 Å². The molecule has 4 rings (SSSR count). The number of hydrogen-bond acceptors (Lipinski definition) is 6. The Hall–Kier alpha value is -4.21. The molecule has 0 aliphatic rings. The van der Waals surface area contributed by atoms with Crippen molar-refractivity contribution in [1.29, 1.82) is 0 Å². The van der Waals surface area contributed by atoms with E-state index < -0.39 is 23.6 Å². The van der Waals surface area contributed by atoms with E-state index >= 15 is 0 Å². The lowest BCUT2D eigenvalue weighted by atomic mass is 10.0. The molecule has 0 aliphatic heterocycles. The number of aromatic nitrogens is 2. The van der Waals surface area contributed by atoms with Crippen LogP contribution in [-0.2, 0) is 17.5 Å². The number of rotatable bonds is 5. The molecule has 0 bridgehead atoms. The standard InChI is InChI=1S/C23H16F3N3O4/c1-12-19-16(22(31)32-11-13-5-4-6-14(9-13)20(27)30)10-18(28-21(19)33-29-12)15-7-2-3-8-17(15)23(24,25)26/h2-10H,11H2,1H3,(H2,27,30). The molecule has 10 heteroatoms. The zero-order valence-corrected chi connectivity index (χ0v) is 17.1. The number of carbonyl (C=O) groups excluding carboxylic acids is 2. The van der Waals surface area contributed by atoms with Crippen LogP contribution in [0.4, 0.5) is 13.2 Å². The number of primary amides is 1. The molecule has 4 aromatic rings. The number of benzene rings is 2. The van der Waals surface area contributed by atoms with Gasteiger partial charge in [-0.15, -0.1) is 0 Å². The summed E-state index contributed by atoms with van der Waals surface area (Å²) in [5.74, 6) is -1.45. The van der Waals surface area contributed by atoms with Gasteiger partial charge >= 0.3 is 12.1 Å². The molecule has 2 N–H and O–H groups in total. The fraction of sp³-hybridized carbons (Fsp3) is 0.130. The van der Waals surface area contributed by atoms with Gasteiger partial charge in [0.2, 0.25) is 5.91 Å². The van der Waals surface area contributed by atoms with Gasteiger partial charge in [-0.25, -0.2) is 9.78 Å². The molecule has 7 nitrogen and oxygen atoms in total. The van der Waals surface area contributed by atoms with E-state index in [0.29, 0.717) is 11.3 Å². The molecular formula is C23H16F3N3O4. The minimum atomic E-state index is -4.63. The molecule has 0 unspecified atom stereocenters. The minimum Gasteiger partial charge on any atom is -0.457 e. The molecule has 2 aromatic carbocycles. The van der Waals surface area contributed by atoms with E-state index in [2.05, 4.69) is 10.1 Å². The second-order valence-corrected chi connectivity index (χ2v) is 7.19. The second-order valence-electron chi connectivity index (χ2n) is 7.19. The second kappa shape index (κ2) is 8.38. The van der Waals surface area contributed by atoms with Crippen molar-refractivity contribution in [2.75, 3.05) is 0 Å². The quantitative estimate of drug-likeness (QED) is 0.438. The number of ether oxygens (including phenoxy) is 1. The van der Waals surface area contributed by atoms with Gasteiger partial charge in [-0.1, -0.05) is 35.5 Å². The first kappa shape index (κ1) is 22.0. The van der Waals surface area contributed by atoms with Crippen molar-refractivity contribution in [3.63, 3.8) is 0 Å². The van der Waals surface area contributed by atoms with Gasteiger partial charge in [0.25, 0.3) is 5.71 Å². The van der Waals surface area contributed by atoms with Crippen LogP contribution in [0.1, 0.15) is 37.5 Å². The monoisotopic (exact) mass is 455 g/mol. The number of carbonyl (C=O) groups is 2. The van der Waals surface area contributed by atoms with Gasteiger partial charge in [-0.2, -0.15) is 13.2 Å². The van der Waals surface area contributed by atoms with E-state index in [1.807, 2.05) is 0 Å². The smallest absolute Gasteiger partial charge is 0.417 e. The number of esters is 1. The fourth-order valence-corrected chi connectivity index (χ4v) is 3.39. The van der Waals surface area contributed by atoms with Crippen molar-refractivity contribution in [2.45, 2.75) is 19.7 Å². The molecule has 1 amide bonds. The SMILES string of the molecule is Cc1noc2nc(-c3ccccc3C(F)(F)F)cc(C(=O)OCc3cccc(C(N)=O)c3)c12. The van der Waals surface area contributed by atoms with E-state index in [1.54, 1.807) is 19.1 Å². The molecule has 0 saturated heterocycles. The van der Waals surface area contributed by atoms with Crippen molar-refractivity contribution in [3.05, 3.63) is 82.5 Å². The fourth-order valence-electron chi connectivity index (χ4n) is 3.39. The number of pyridine rings is 1. The first-order valence-electron chi connectivity index (χ1n) is 9.64. The van der Waals surface area contributed by atoms with Gasteiger partial charge in [0.15, 0.2) is 0 Å². The zero-order valence-electron chi connectivity index (χ0n) is 17.1. The maximum absolute atomic E-state index is 13.5. The summed E-state index contributed by atoms with van der Waals surface area (Å²) >= 11 is 0. The van der Waals surface area contributed by atoms with Gasteiger partial charge in [0.1, 0.15) is 6.61 Å². The summed E-state index contributed by atoms with van der Waals surface area (Å²) in [6.07, 6.45) is -4.63. The number of nitrogens with two attached hydrogens (primary N) is 1. The van der Waals surface area contributed by atoms with Crippen molar-refractivity contribution < 1.29 is 32.0 Å². The number of nitrogens with zero attached hydrogens (tertiary/aromatic N) is 2. The summed E-state index contributed by atoms with van der Waals surface area (Å²) in [6, 6.07) is 12.3. The van der Waals surface area contributed by atoms with E-state index in [0.717, 1.165) is 6.07 Å². The summed E-state index contributed by atoms with van der Waals surface area (Å²) in [4.78, 5) is 28.4. The topological polar surface area (TPSA) is 108 Å². The first-order chi connectivity index (χ1) is 15.6. The lowest BCUT2D eigenvalue weighted by molar-refractivity contribution is -0.137. The summed E-state index contributed by atoms with van der Waals surface area (Å²) in [7, 11) is 0. The Morgan fingerprint density at radius 3 is 2.58 bits per heavy atom. The number of fused-ring (bicyclic) bond motifs is 1. The van der Waals surface area contributed by atoms with Gasteiger partial charge < -0.3 is 15.0 Å². The van der Waals surface area contributed by atoms with Gasteiger partial charge in [-0.3, -0.25) is 4.79 Å². The highest BCUT2D eigenvalue weighted by Gasteiger charge is 2.34. The predicted molar refractivity (Wildman–Crippen MR) is 111 cm³/mol. The molecular weight excluding hydrogens is 439 g/mol. The molecule has 2 aromatic heterocycles. The molecule has 2 heterocycles. The van der Waals surface area contributed by atoms with E-state index in [1.165, 1.54) is 36.4 Å². The average molecular weight is 455 g/mol. The number of halogens is 3. The lowest BCUT2D eigenvalue weighted by Crippen LogP contribution is -2.12. The van der Waals surface area contributed by atoms with Crippen LogP contribution in [0.2, 0.25) is 0 Å². The van der Waals surface area contributed by atoms with Crippen molar-refractivity contribution in [1.82, 2.24) is 10.1 Å². The number of alkyl halides is 3. The Bertz CT molecular complexity index is 1380. The Morgan fingerprint density at radius 1 is 1.09 bits per heavy atom. The maximum Gasteiger partial charge on any atom is 0.417 e. The molecule has 0 fully saturated rings. The van der Waals surface area contributed by atoms with Crippen LogP contribution < -0.4 is 5.73 Å². The van der Waals surface area contributed by atoms with E-state index in [4.69, 9.17) is 15.0 Å². The van der Waals surface area contributed by atoms with E-state index in [9.17, 15) is 22.8 Å². The average Bonchev–Trinajstić information content (AvgIpc) is 3.17. The summed E-state index contributed by atoms with van der Waals surface area (Å²) < 4.78 is 51.1. The van der Waals surface area contributed by atoms with Gasteiger partial charge in [0, 0.05) is 11.1 Å². The first-order valence-corrected chi connectivity index (χ1v) is 9.64. The van der Waals surface area contributed by atoms with Crippen LogP contribution in [0, 0.1) is 6.92 Å². The van der Waals surface area contributed by atoms with E-state index in [-0.39, 0.29) is 40.1 Å². The largest absolute Gasteiger partial charge is 0.457 e. The molecule has 168 valence electrons. The lowest BCUT2D eigenvalue weighted by Gasteiger charge is -2.13. The Labute approximate surface area is 185 Å². The van der Waals surface area contributed by atoms with Crippen LogP contribution in [-0.4, -0.2) is 22.0 Å². The Morgan fingerprint density at radius 2 is 1.85 bits per heavy atom. The van der Waals surface area contributed by atoms with Crippen molar-refractivity contribution >= 4 is 23.0 Å².